The molecule has 2 N–H and O–H groups in total. The molecule has 14 heavy (non-hydrogen) atoms. The molecule has 0 aliphatic rings. The summed E-state index contributed by atoms with van der Waals surface area (Å²) < 4.78 is 1.83. The molecule has 1 aromatic rings. The summed E-state index contributed by atoms with van der Waals surface area (Å²) in [7, 11) is 0. The molecular weight excluding hydrogens is 176 g/mol. The van der Waals surface area contributed by atoms with Gasteiger partial charge in [0.2, 0.25) is 0 Å². The van der Waals surface area contributed by atoms with Crippen molar-refractivity contribution in [3.63, 3.8) is 0 Å². The molecule has 1 atom stereocenters. The highest BCUT2D eigenvalue weighted by Gasteiger charge is 2.05. The third-order valence-corrected chi connectivity index (χ3v) is 1.94. The molecule has 0 amide bonds. The molecule has 0 aliphatic heterocycles. The lowest BCUT2D eigenvalue weighted by molar-refractivity contribution is 0.506. The van der Waals surface area contributed by atoms with Crippen molar-refractivity contribution in [1.29, 1.82) is 0 Å². The molecule has 1 heterocycles. The molecule has 0 bridgehead atoms. The number of hydrogen-bond donors (Lipinski definition) is 1. The van der Waals surface area contributed by atoms with E-state index in [1.165, 1.54) is 6.33 Å². The van der Waals surface area contributed by atoms with E-state index in [1.807, 2.05) is 16.8 Å². The zero-order valence-electron chi connectivity index (χ0n) is 8.21. The zero-order valence-corrected chi connectivity index (χ0v) is 8.21. The van der Waals surface area contributed by atoms with Crippen LogP contribution in [0.4, 0.5) is 0 Å². The van der Waals surface area contributed by atoms with Crippen molar-refractivity contribution in [2.75, 3.05) is 6.54 Å². The first-order valence-corrected chi connectivity index (χ1v) is 4.70. The molecule has 1 aromatic heterocycles. The second kappa shape index (κ2) is 6.10. The lowest BCUT2D eigenvalue weighted by atomic mass is 10.1. The molecule has 4 heteroatoms. The molecule has 0 saturated carbocycles. The van der Waals surface area contributed by atoms with Crippen molar-refractivity contribution in [2.45, 2.75) is 18.9 Å². The van der Waals surface area contributed by atoms with Gasteiger partial charge in [0.25, 0.3) is 0 Å². The Hall–Kier alpha value is -1.42. The lowest BCUT2D eigenvalue weighted by Gasteiger charge is -2.11. The van der Waals surface area contributed by atoms with Gasteiger partial charge in [0.15, 0.2) is 0 Å². The van der Waals surface area contributed by atoms with Gasteiger partial charge in [-0.3, -0.25) is 0 Å². The molecule has 0 fully saturated rings. The maximum atomic E-state index is 5.41. The highest BCUT2D eigenvalue weighted by Crippen LogP contribution is 2.13. The first kappa shape index (κ1) is 10.7. The van der Waals surface area contributed by atoms with Gasteiger partial charge >= 0.3 is 0 Å². The summed E-state index contributed by atoms with van der Waals surface area (Å²) in [4.78, 5) is 3.92. The van der Waals surface area contributed by atoms with E-state index in [-0.39, 0.29) is 6.04 Å². The Balaban J connectivity index is 2.61. The van der Waals surface area contributed by atoms with Crippen LogP contribution in [0.25, 0.3) is 0 Å². The third-order valence-electron chi connectivity index (χ3n) is 1.94. The molecule has 1 rings (SSSR count). The van der Waals surface area contributed by atoms with Crippen LogP contribution in [-0.2, 0) is 0 Å². The minimum Gasteiger partial charge on any atom is -0.327 e. The van der Waals surface area contributed by atoms with Crippen molar-refractivity contribution in [2.24, 2.45) is 5.73 Å². The maximum absolute atomic E-state index is 5.41. The maximum Gasteiger partial charge on any atom is 0.137 e. The smallest absolute Gasteiger partial charge is 0.137 e. The summed E-state index contributed by atoms with van der Waals surface area (Å²) in [5.41, 5.74) is 5.41. The van der Waals surface area contributed by atoms with Gasteiger partial charge in [0.05, 0.1) is 6.04 Å². The van der Waals surface area contributed by atoms with Crippen molar-refractivity contribution < 1.29 is 0 Å². The van der Waals surface area contributed by atoms with Gasteiger partial charge in [0, 0.05) is 6.54 Å². The van der Waals surface area contributed by atoms with E-state index in [4.69, 9.17) is 5.73 Å². The Kier molecular flexibility index (Phi) is 4.64. The van der Waals surface area contributed by atoms with E-state index in [0.29, 0.717) is 6.54 Å². The zero-order chi connectivity index (χ0) is 10.2. The van der Waals surface area contributed by atoms with E-state index >= 15 is 0 Å². The fraction of sp³-hybridized carbons (Fsp3) is 0.400. The highest BCUT2D eigenvalue weighted by atomic mass is 15.3. The monoisotopic (exact) mass is 192 g/mol. The van der Waals surface area contributed by atoms with Crippen molar-refractivity contribution in [3.05, 3.63) is 37.5 Å². The Morgan fingerprint density at radius 3 is 3.00 bits per heavy atom. The fourth-order valence-corrected chi connectivity index (χ4v) is 1.23. The number of rotatable bonds is 6. The third kappa shape index (κ3) is 3.14. The molecular formula is C10H16N4. The molecule has 0 aliphatic carbocycles. The SMILES string of the molecule is C=CCCC(/C=C/CN)n1cncn1. The van der Waals surface area contributed by atoms with Gasteiger partial charge in [-0.05, 0) is 12.8 Å². The van der Waals surface area contributed by atoms with Gasteiger partial charge in [-0.15, -0.1) is 6.58 Å². The Bertz CT molecular complexity index is 276. The van der Waals surface area contributed by atoms with Gasteiger partial charge in [-0.2, -0.15) is 5.10 Å². The van der Waals surface area contributed by atoms with Gasteiger partial charge in [-0.1, -0.05) is 18.2 Å². The lowest BCUT2D eigenvalue weighted by Crippen LogP contribution is -2.07. The minimum absolute atomic E-state index is 0.235. The summed E-state index contributed by atoms with van der Waals surface area (Å²) in [6, 6.07) is 0.235. The van der Waals surface area contributed by atoms with Crippen LogP contribution >= 0.6 is 0 Å². The van der Waals surface area contributed by atoms with Crippen LogP contribution in [-0.4, -0.2) is 21.3 Å². The predicted octanol–water partition coefficient (Wildman–Crippen LogP) is 1.30. The summed E-state index contributed by atoms with van der Waals surface area (Å²) >= 11 is 0. The fourth-order valence-electron chi connectivity index (χ4n) is 1.23. The first-order valence-electron chi connectivity index (χ1n) is 4.70. The summed E-state index contributed by atoms with van der Waals surface area (Å²) in [5.74, 6) is 0. The van der Waals surface area contributed by atoms with E-state index in [9.17, 15) is 0 Å². The predicted molar refractivity (Wildman–Crippen MR) is 56.7 cm³/mol. The second-order valence-electron chi connectivity index (χ2n) is 2.97. The van der Waals surface area contributed by atoms with Crippen LogP contribution in [0.1, 0.15) is 18.9 Å². The minimum atomic E-state index is 0.235. The number of nitrogens with two attached hydrogens (primary N) is 1. The van der Waals surface area contributed by atoms with Crippen LogP contribution in [0.5, 0.6) is 0 Å². The van der Waals surface area contributed by atoms with E-state index in [0.717, 1.165) is 12.8 Å². The molecule has 76 valence electrons. The standard InChI is InChI=1S/C10H16N4/c1-2-3-5-10(6-4-7-11)14-9-12-8-13-14/h2,4,6,8-10H,1,3,5,7,11H2/b6-4+. The van der Waals surface area contributed by atoms with Crippen LogP contribution in [0, 0.1) is 0 Å². The Labute approximate surface area is 84.1 Å². The van der Waals surface area contributed by atoms with E-state index < -0.39 is 0 Å². The topological polar surface area (TPSA) is 56.7 Å². The molecule has 0 radical (unpaired) electrons. The Morgan fingerprint density at radius 1 is 1.57 bits per heavy atom. The van der Waals surface area contributed by atoms with Crippen molar-refractivity contribution >= 4 is 0 Å². The number of nitrogens with zero attached hydrogens (tertiary/aromatic N) is 3. The molecule has 1 unspecified atom stereocenters. The van der Waals surface area contributed by atoms with E-state index in [1.54, 1.807) is 6.33 Å². The largest absolute Gasteiger partial charge is 0.327 e. The molecule has 0 spiro atoms. The van der Waals surface area contributed by atoms with Gasteiger partial charge < -0.3 is 5.73 Å². The van der Waals surface area contributed by atoms with Gasteiger partial charge in [0.1, 0.15) is 12.7 Å². The van der Waals surface area contributed by atoms with Crippen LogP contribution in [0.3, 0.4) is 0 Å². The van der Waals surface area contributed by atoms with Crippen molar-refractivity contribution in [1.82, 2.24) is 14.8 Å². The highest BCUT2D eigenvalue weighted by molar-refractivity contribution is 4.93. The molecule has 4 nitrogen and oxygen atoms in total. The quantitative estimate of drug-likeness (QED) is 0.691. The average Bonchev–Trinajstić information content (AvgIpc) is 2.71. The Morgan fingerprint density at radius 2 is 2.43 bits per heavy atom. The summed E-state index contributed by atoms with van der Waals surface area (Å²) in [5, 5.41) is 4.10. The summed E-state index contributed by atoms with van der Waals surface area (Å²) in [6.07, 6.45) is 11.1. The first-order chi connectivity index (χ1) is 6.88. The van der Waals surface area contributed by atoms with Crippen LogP contribution in [0.15, 0.2) is 37.5 Å². The molecule has 0 aromatic carbocycles. The van der Waals surface area contributed by atoms with Crippen molar-refractivity contribution in [3.8, 4) is 0 Å². The van der Waals surface area contributed by atoms with Crippen LogP contribution in [0.2, 0.25) is 0 Å². The number of allylic oxidation sites excluding steroid dienone is 2. The van der Waals surface area contributed by atoms with Gasteiger partial charge in [-0.25, -0.2) is 9.67 Å². The van der Waals surface area contributed by atoms with E-state index in [2.05, 4.69) is 22.7 Å². The molecule has 0 saturated heterocycles. The number of aromatic nitrogens is 3. The number of hydrogen-bond acceptors (Lipinski definition) is 3. The second-order valence-corrected chi connectivity index (χ2v) is 2.97. The summed E-state index contributed by atoms with van der Waals surface area (Å²) in [6.45, 7) is 4.26. The van der Waals surface area contributed by atoms with Crippen LogP contribution < -0.4 is 5.73 Å². The normalized spacial score (nSPS) is 13.2. The average molecular weight is 192 g/mol.